The molecule has 1 N–H and O–H groups in total. The molecule has 1 aliphatic rings. The smallest absolute Gasteiger partial charge is 0.311 e. The van der Waals surface area contributed by atoms with Crippen LogP contribution in [0.15, 0.2) is 30.3 Å². The fraction of sp³-hybridized carbons (Fsp3) is 0.632. The summed E-state index contributed by atoms with van der Waals surface area (Å²) >= 11 is 0. The van der Waals surface area contributed by atoms with Gasteiger partial charge in [0.2, 0.25) is 0 Å². The Morgan fingerprint density at radius 2 is 1.86 bits per heavy atom. The van der Waals surface area contributed by atoms with Gasteiger partial charge in [0.05, 0.1) is 5.92 Å². The van der Waals surface area contributed by atoms with Crippen LogP contribution in [0, 0.1) is 11.8 Å². The fourth-order valence-electron chi connectivity index (χ4n) is 3.25. The first-order chi connectivity index (χ1) is 10.3. The molecule has 1 aromatic carbocycles. The molecule has 3 nitrogen and oxygen atoms in total. The van der Waals surface area contributed by atoms with E-state index in [2.05, 4.69) is 43.4 Å². The highest BCUT2D eigenvalue weighted by molar-refractivity contribution is 5.74. The molecule has 1 saturated carbocycles. The van der Waals surface area contributed by atoms with E-state index in [0.29, 0.717) is 5.92 Å². The lowest BCUT2D eigenvalue weighted by Gasteiger charge is -2.29. The highest BCUT2D eigenvalue weighted by Crippen LogP contribution is 2.34. The van der Waals surface area contributed by atoms with Gasteiger partial charge in [-0.1, -0.05) is 37.3 Å². The van der Waals surface area contributed by atoms with Crippen molar-refractivity contribution < 1.29 is 9.53 Å². The maximum absolute atomic E-state index is 12.5. The number of nitrogens with one attached hydrogen (secondary N) is 1. The quantitative estimate of drug-likeness (QED) is 0.851. The van der Waals surface area contributed by atoms with Crippen LogP contribution in [0.5, 0.6) is 0 Å². The number of hydrogen-bond donors (Lipinski definition) is 1. The van der Waals surface area contributed by atoms with E-state index in [-0.39, 0.29) is 24.0 Å². The van der Waals surface area contributed by atoms with Crippen LogP contribution in [0.3, 0.4) is 0 Å². The highest BCUT2D eigenvalue weighted by Gasteiger charge is 2.40. The zero-order valence-corrected chi connectivity index (χ0v) is 14.4. The minimum absolute atomic E-state index is 0.0413. The van der Waals surface area contributed by atoms with Gasteiger partial charge in [-0.3, -0.25) is 4.79 Å². The normalized spacial score (nSPS) is 26.7. The lowest BCUT2D eigenvalue weighted by atomic mass is 9.96. The average molecular weight is 303 g/mol. The van der Waals surface area contributed by atoms with Crippen molar-refractivity contribution in [1.29, 1.82) is 0 Å². The van der Waals surface area contributed by atoms with E-state index in [1.54, 1.807) is 0 Å². The van der Waals surface area contributed by atoms with Crippen LogP contribution in [0.1, 0.15) is 59.1 Å². The summed E-state index contributed by atoms with van der Waals surface area (Å²) in [6, 6.07) is 10.8. The Morgan fingerprint density at radius 1 is 1.23 bits per heavy atom. The molecule has 122 valence electrons. The van der Waals surface area contributed by atoms with Gasteiger partial charge in [-0.05, 0) is 52.0 Å². The van der Waals surface area contributed by atoms with Crippen molar-refractivity contribution in [3.8, 4) is 0 Å². The van der Waals surface area contributed by atoms with E-state index < -0.39 is 5.60 Å². The summed E-state index contributed by atoms with van der Waals surface area (Å²) in [5.74, 6) is 0.388. The van der Waals surface area contributed by atoms with Crippen molar-refractivity contribution in [2.45, 2.75) is 65.1 Å². The first kappa shape index (κ1) is 17.0. The Morgan fingerprint density at radius 3 is 2.45 bits per heavy atom. The number of rotatable bonds is 4. The number of carbonyl (C=O) groups excluding carboxylic acids is 1. The van der Waals surface area contributed by atoms with Crippen LogP contribution in [0.4, 0.5) is 0 Å². The second-order valence-corrected chi connectivity index (χ2v) is 7.52. The van der Waals surface area contributed by atoms with Gasteiger partial charge >= 0.3 is 5.97 Å². The number of ether oxygens (including phenoxy) is 1. The first-order valence-electron chi connectivity index (χ1n) is 8.32. The monoisotopic (exact) mass is 303 g/mol. The van der Waals surface area contributed by atoms with Crippen LogP contribution in [-0.2, 0) is 9.53 Å². The molecular weight excluding hydrogens is 274 g/mol. The molecule has 0 aromatic heterocycles. The summed E-state index contributed by atoms with van der Waals surface area (Å²) in [5, 5.41) is 3.66. The number of hydrogen-bond acceptors (Lipinski definition) is 3. The molecule has 1 fully saturated rings. The molecule has 3 heteroatoms. The van der Waals surface area contributed by atoms with E-state index in [0.717, 1.165) is 12.8 Å². The summed E-state index contributed by atoms with van der Waals surface area (Å²) in [6.07, 6.45) is 1.98. The van der Waals surface area contributed by atoms with E-state index in [1.165, 1.54) is 5.56 Å². The third-order valence-electron chi connectivity index (χ3n) is 4.43. The summed E-state index contributed by atoms with van der Waals surface area (Å²) in [4.78, 5) is 12.5. The molecule has 0 bridgehead atoms. The third-order valence-corrected chi connectivity index (χ3v) is 4.43. The van der Waals surface area contributed by atoms with Crippen LogP contribution in [0.2, 0.25) is 0 Å². The van der Waals surface area contributed by atoms with E-state index in [1.807, 2.05) is 26.8 Å². The largest absolute Gasteiger partial charge is 0.460 e. The Kier molecular flexibility index (Phi) is 5.28. The molecule has 0 spiro atoms. The number of esters is 1. The highest BCUT2D eigenvalue weighted by atomic mass is 16.6. The van der Waals surface area contributed by atoms with Crippen molar-refractivity contribution in [2.75, 3.05) is 0 Å². The molecule has 0 unspecified atom stereocenters. The molecule has 2 rings (SSSR count). The first-order valence-corrected chi connectivity index (χ1v) is 8.32. The molecule has 0 aliphatic heterocycles. The van der Waals surface area contributed by atoms with Gasteiger partial charge in [-0.2, -0.15) is 0 Å². The van der Waals surface area contributed by atoms with Gasteiger partial charge in [0.25, 0.3) is 0 Å². The molecule has 22 heavy (non-hydrogen) atoms. The molecule has 0 heterocycles. The second-order valence-electron chi connectivity index (χ2n) is 7.52. The lowest BCUT2D eigenvalue weighted by molar-refractivity contribution is -0.160. The van der Waals surface area contributed by atoms with E-state index >= 15 is 0 Å². The van der Waals surface area contributed by atoms with Crippen molar-refractivity contribution >= 4 is 5.97 Å². The number of benzene rings is 1. The molecule has 0 saturated heterocycles. The van der Waals surface area contributed by atoms with Crippen LogP contribution < -0.4 is 5.32 Å². The van der Waals surface area contributed by atoms with Gasteiger partial charge < -0.3 is 10.1 Å². The molecule has 1 aromatic rings. The summed E-state index contributed by atoms with van der Waals surface area (Å²) < 4.78 is 5.61. The Hall–Kier alpha value is -1.35. The van der Waals surface area contributed by atoms with E-state index in [9.17, 15) is 4.79 Å². The number of carbonyl (C=O) groups is 1. The molecule has 0 radical (unpaired) electrons. The molecule has 1 aliphatic carbocycles. The third kappa shape index (κ3) is 4.33. The molecule has 0 amide bonds. The minimum atomic E-state index is -0.418. The van der Waals surface area contributed by atoms with Crippen LogP contribution in [-0.4, -0.2) is 17.6 Å². The maximum Gasteiger partial charge on any atom is 0.311 e. The Balaban J connectivity index is 2.05. The summed E-state index contributed by atoms with van der Waals surface area (Å²) in [7, 11) is 0. The SMILES string of the molecule is C[C@@H](N[C@H]1[C@@H](C(=O)OC(C)(C)C)CC[C@@H]1C)c1ccccc1. The van der Waals surface area contributed by atoms with Gasteiger partial charge in [0, 0.05) is 12.1 Å². The van der Waals surface area contributed by atoms with E-state index in [4.69, 9.17) is 4.74 Å². The summed E-state index contributed by atoms with van der Waals surface area (Å²) in [5.41, 5.74) is 0.836. The topological polar surface area (TPSA) is 38.3 Å². The van der Waals surface area contributed by atoms with Gasteiger partial charge in [-0.15, -0.1) is 0 Å². The Bertz CT molecular complexity index is 492. The zero-order valence-electron chi connectivity index (χ0n) is 14.4. The second kappa shape index (κ2) is 6.82. The van der Waals surface area contributed by atoms with Gasteiger partial charge in [0.15, 0.2) is 0 Å². The van der Waals surface area contributed by atoms with Gasteiger partial charge in [-0.25, -0.2) is 0 Å². The Labute approximate surface area is 134 Å². The lowest BCUT2D eigenvalue weighted by Crippen LogP contribution is -2.43. The van der Waals surface area contributed by atoms with Crippen molar-refractivity contribution in [2.24, 2.45) is 11.8 Å². The van der Waals surface area contributed by atoms with Gasteiger partial charge in [0.1, 0.15) is 5.60 Å². The predicted molar refractivity (Wildman–Crippen MR) is 89.5 cm³/mol. The van der Waals surface area contributed by atoms with Crippen LogP contribution >= 0.6 is 0 Å². The predicted octanol–water partition coefficient (Wildman–Crippen LogP) is 4.09. The van der Waals surface area contributed by atoms with Crippen molar-refractivity contribution in [1.82, 2.24) is 5.32 Å². The van der Waals surface area contributed by atoms with Crippen LogP contribution in [0.25, 0.3) is 0 Å². The van der Waals surface area contributed by atoms with Crippen molar-refractivity contribution in [3.05, 3.63) is 35.9 Å². The zero-order chi connectivity index (χ0) is 16.3. The average Bonchev–Trinajstić information content (AvgIpc) is 2.79. The fourth-order valence-corrected chi connectivity index (χ4v) is 3.25. The molecular formula is C19H29NO2. The standard InChI is InChI=1S/C19H29NO2/c1-13-11-12-16(18(21)22-19(3,4)5)17(13)20-14(2)15-9-7-6-8-10-15/h6-10,13-14,16-17,20H,11-12H2,1-5H3/t13-,14+,16-,17+/m0/s1. The minimum Gasteiger partial charge on any atom is -0.460 e. The molecule has 4 atom stereocenters. The maximum atomic E-state index is 12.5. The van der Waals surface area contributed by atoms with Crippen molar-refractivity contribution in [3.63, 3.8) is 0 Å². The summed E-state index contributed by atoms with van der Waals surface area (Å²) in [6.45, 7) is 10.2.